The van der Waals surface area contributed by atoms with Crippen LogP contribution in [-0.4, -0.2) is 24.2 Å². The molecule has 0 aliphatic heterocycles. The van der Waals surface area contributed by atoms with E-state index in [1.807, 2.05) is 0 Å². The zero-order valence-electron chi connectivity index (χ0n) is 8.03. The Morgan fingerprint density at radius 2 is 1.92 bits per heavy atom. The van der Waals surface area contributed by atoms with Crippen LogP contribution in [0.4, 0.5) is 0 Å². The Bertz CT molecular complexity index is 244. The Hall–Kier alpha value is -1.06. The summed E-state index contributed by atoms with van der Waals surface area (Å²) in [5, 5.41) is 8.79. The molecule has 1 fully saturated rings. The lowest BCUT2D eigenvalue weighted by molar-refractivity contribution is -0.173. The summed E-state index contributed by atoms with van der Waals surface area (Å²) < 4.78 is 4.59. The highest BCUT2D eigenvalue weighted by Gasteiger charge is 2.55. The molecule has 0 spiro atoms. The molecule has 0 radical (unpaired) electrons. The van der Waals surface area contributed by atoms with Crippen LogP contribution < -0.4 is 0 Å². The maximum Gasteiger partial charge on any atom is 0.309 e. The van der Waals surface area contributed by atoms with Gasteiger partial charge in [0.25, 0.3) is 0 Å². The van der Waals surface area contributed by atoms with Gasteiger partial charge in [-0.25, -0.2) is 0 Å². The van der Waals surface area contributed by atoms with Crippen LogP contribution in [0.15, 0.2) is 0 Å². The molecule has 0 bridgehead atoms. The molecular formula is C9H14O4. The van der Waals surface area contributed by atoms with E-state index in [4.69, 9.17) is 5.11 Å². The van der Waals surface area contributed by atoms with Gasteiger partial charge in [0.2, 0.25) is 0 Å². The molecule has 0 saturated heterocycles. The first-order valence-electron chi connectivity index (χ1n) is 4.22. The summed E-state index contributed by atoms with van der Waals surface area (Å²) in [6, 6.07) is 0. The first kappa shape index (κ1) is 10.0. The number of rotatable bonds is 2. The normalized spacial score (nSPS) is 30.4. The highest BCUT2D eigenvalue weighted by Crippen LogP contribution is 2.51. The van der Waals surface area contributed by atoms with Gasteiger partial charge in [-0.2, -0.15) is 0 Å². The zero-order chi connectivity index (χ0) is 10.2. The molecule has 2 atom stereocenters. The van der Waals surface area contributed by atoms with Gasteiger partial charge in [0.1, 0.15) is 0 Å². The third-order valence-electron chi connectivity index (χ3n) is 3.05. The fourth-order valence-corrected chi connectivity index (χ4v) is 1.89. The number of carboxylic acids is 1. The Morgan fingerprint density at radius 1 is 1.38 bits per heavy atom. The van der Waals surface area contributed by atoms with Gasteiger partial charge in [-0.3, -0.25) is 9.59 Å². The number of carboxylic acid groups (broad SMARTS) is 1. The number of hydrogen-bond donors (Lipinski definition) is 1. The van der Waals surface area contributed by atoms with E-state index < -0.39 is 17.3 Å². The quantitative estimate of drug-likeness (QED) is 0.651. The summed E-state index contributed by atoms with van der Waals surface area (Å²) in [6.07, 6.45) is 0.398. The molecular weight excluding hydrogens is 172 g/mol. The number of carbonyl (C=O) groups is 2. The van der Waals surface area contributed by atoms with Crippen molar-refractivity contribution in [3.63, 3.8) is 0 Å². The summed E-state index contributed by atoms with van der Waals surface area (Å²) in [5.74, 6) is -1.82. The minimum absolute atomic E-state index is 0.265. The first-order valence-corrected chi connectivity index (χ1v) is 4.22. The maximum atomic E-state index is 11.2. The fraction of sp³-hybridized carbons (Fsp3) is 0.778. The van der Waals surface area contributed by atoms with E-state index in [9.17, 15) is 9.59 Å². The molecule has 4 heteroatoms. The first-order chi connectivity index (χ1) is 5.91. The minimum Gasteiger partial charge on any atom is -0.481 e. The second-order valence-corrected chi connectivity index (χ2v) is 4.02. The van der Waals surface area contributed by atoms with Gasteiger partial charge in [0, 0.05) is 0 Å². The average molecular weight is 186 g/mol. The van der Waals surface area contributed by atoms with Gasteiger partial charge in [-0.05, 0) is 11.8 Å². The topological polar surface area (TPSA) is 63.6 Å². The van der Waals surface area contributed by atoms with Gasteiger partial charge in [0.05, 0.1) is 18.9 Å². The van der Waals surface area contributed by atoms with Crippen molar-refractivity contribution in [1.82, 2.24) is 0 Å². The molecule has 1 rings (SSSR count). The number of esters is 1. The fourth-order valence-electron chi connectivity index (χ4n) is 1.89. The molecule has 1 saturated carbocycles. The van der Waals surface area contributed by atoms with Crippen LogP contribution in [0.1, 0.15) is 20.3 Å². The molecule has 1 aliphatic carbocycles. The molecule has 0 aromatic heterocycles. The van der Waals surface area contributed by atoms with Crippen molar-refractivity contribution in [2.45, 2.75) is 20.3 Å². The van der Waals surface area contributed by atoms with Gasteiger partial charge in [-0.1, -0.05) is 13.8 Å². The van der Waals surface area contributed by atoms with Gasteiger partial charge in [0.15, 0.2) is 0 Å². The Kier molecular flexibility index (Phi) is 2.32. The van der Waals surface area contributed by atoms with Gasteiger partial charge >= 0.3 is 11.9 Å². The van der Waals surface area contributed by atoms with Crippen LogP contribution in [0.2, 0.25) is 0 Å². The zero-order valence-corrected chi connectivity index (χ0v) is 8.03. The summed E-state index contributed by atoms with van der Waals surface area (Å²) >= 11 is 0. The second-order valence-electron chi connectivity index (χ2n) is 4.02. The lowest BCUT2D eigenvalue weighted by Crippen LogP contribution is -2.52. The van der Waals surface area contributed by atoms with E-state index >= 15 is 0 Å². The number of methoxy groups -OCH3 is 1. The van der Waals surface area contributed by atoms with E-state index in [1.54, 1.807) is 13.8 Å². The highest BCUT2D eigenvalue weighted by atomic mass is 16.5. The standard InChI is InChI=1S/C9H14O4/c1-9(2)5(7(10)11)4-6(9)8(12)13-3/h5-6H,4H2,1-3H3,(H,10,11). The van der Waals surface area contributed by atoms with E-state index in [2.05, 4.69) is 4.74 Å². The smallest absolute Gasteiger partial charge is 0.309 e. The summed E-state index contributed by atoms with van der Waals surface area (Å²) in [7, 11) is 1.33. The lowest BCUT2D eigenvalue weighted by atomic mass is 9.55. The van der Waals surface area contributed by atoms with Gasteiger partial charge in [-0.15, -0.1) is 0 Å². The van der Waals surface area contributed by atoms with Crippen LogP contribution in [0.3, 0.4) is 0 Å². The SMILES string of the molecule is COC(=O)C1CC(C(=O)O)C1(C)C. The van der Waals surface area contributed by atoms with Crippen molar-refractivity contribution in [2.75, 3.05) is 7.11 Å². The van der Waals surface area contributed by atoms with Crippen LogP contribution >= 0.6 is 0 Å². The number of aliphatic carboxylic acids is 1. The van der Waals surface area contributed by atoms with Crippen molar-refractivity contribution < 1.29 is 19.4 Å². The largest absolute Gasteiger partial charge is 0.481 e. The average Bonchev–Trinajstić information content (AvgIpc) is 2.01. The van der Waals surface area contributed by atoms with E-state index in [1.165, 1.54) is 7.11 Å². The predicted molar refractivity (Wildman–Crippen MR) is 45.0 cm³/mol. The third kappa shape index (κ3) is 1.41. The number of carbonyl (C=O) groups excluding carboxylic acids is 1. The Morgan fingerprint density at radius 3 is 2.23 bits per heavy atom. The third-order valence-corrected chi connectivity index (χ3v) is 3.05. The predicted octanol–water partition coefficient (Wildman–Crippen LogP) is 0.906. The summed E-state index contributed by atoms with van der Waals surface area (Å²) in [6.45, 7) is 3.58. The molecule has 74 valence electrons. The summed E-state index contributed by atoms with van der Waals surface area (Å²) in [5.41, 5.74) is -0.473. The van der Waals surface area contributed by atoms with Gasteiger partial charge < -0.3 is 9.84 Å². The van der Waals surface area contributed by atoms with Crippen molar-refractivity contribution >= 4 is 11.9 Å². The molecule has 1 N–H and O–H groups in total. The maximum absolute atomic E-state index is 11.2. The molecule has 0 aromatic carbocycles. The minimum atomic E-state index is -0.829. The molecule has 13 heavy (non-hydrogen) atoms. The summed E-state index contributed by atoms with van der Waals surface area (Å²) in [4.78, 5) is 21.9. The number of hydrogen-bond acceptors (Lipinski definition) is 3. The molecule has 1 aliphatic rings. The van der Waals surface area contributed by atoms with Crippen molar-refractivity contribution in [3.05, 3.63) is 0 Å². The Balaban J connectivity index is 2.69. The van der Waals surface area contributed by atoms with Crippen LogP contribution in [0.5, 0.6) is 0 Å². The molecule has 0 heterocycles. The molecule has 2 unspecified atom stereocenters. The highest BCUT2D eigenvalue weighted by molar-refractivity contribution is 5.80. The molecule has 4 nitrogen and oxygen atoms in total. The van der Waals surface area contributed by atoms with Crippen LogP contribution in [0.25, 0.3) is 0 Å². The van der Waals surface area contributed by atoms with Crippen molar-refractivity contribution in [3.8, 4) is 0 Å². The number of ether oxygens (including phenoxy) is 1. The van der Waals surface area contributed by atoms with E-state index in [-0.39, 0.29) is 11.9 Å². The second kappa shape index (κ2) is 3.01. The Labute approximate surface area is 76.9 Å². The molecule has 0 aromatic rings. The van der Waals surface area contributed by atoms with Crippen molar-refractivity contribution in [1.29, 1.82) is 0 Å². The van der Waals surface area contributed by atoms with Crippen LogP contribution in [-0.2, 0) is 14.3 Å². The monoisotopic (exact) mass is 186 g/mol. The van der Waals surface area contributed by atoms with E-state index in [0.717, 1.165) is 0 Å². The molecule has 0 amide bonds. The van der Waals surface area contributed by atoms with Crippen LogP contribution in [0, 0.1) is 17.3 Å². The van der Waals surface area contributed by atoms with E-state index in [0.29, 0.717) is 6.42 Å². The van der Waals surface area contributed by atoms with Crippen molar-refractivity contribution in [2.24, 2.45) is 17.3 Å². The lowest BCUT2D eigenvalue weighted by Gasteiger charge is -2.47.